The van der Waals surface area contributed by atoms with Gasteiger partial charge in [0.1, 0.15) is 11.2 Å². The third kappa shape index (κ3) is 3.69. The first-order valence-corrected chi connectivity index (χ1v) is 10.1. The maximum atomic E-state index is 12.8. The molecule has 0 fully saturated rings. The maximum absolute atomic E-state index is 12.8. The van der Waals surface area contributed by atoms with Gasteiger partial charge >= 0.3 is 0 Å². The van der Waals surface area contributed by atoms with Crippen LogP contribution in [0.15, 0.2) is 59.7 Å². The molecular weight excluding hydrogens is 384 g/mol. The van der Waals surface area contributed by atoms with E-state index in [1.165, 1.54) is 21.9 Å². The Labute approximate surface area is 171 Å². The van der Waals surface area contributed by atoms with Crippen LogP contribution in [0, 0.1) is 6.92 Å². The van der Waals surface area contributed by atoms with Gasteiger partial charge in [0.15, 0.2) is 5.13 Å². The fourth-order valence-electron chi connectivity index (χ4n) is 3.08. The average molecular weight is 404 g/mol. The molecule has 0 radical (unpaired) electrons. The lowest BCUT2D eigenvalue weighted by atomic mass is 10.1. The normalized spacial score (nSPS) is 11.2. The lowest BCUT2D eigenvalue weighted by Gasteiger charge is -2.04. The number of aryl methyl sites for hydroxylation is 1. The van der Waals surface area contributed by atoms with Crippen molar-refractivity contribution in [1.29, 1.82) is 0 Å². The van der Waals surface area contributed by atoms with E-state index in [0.29, 0.717) is 10.8 Å². The van der Waals surface area contributed by atoms with Crippen LogP contribution in [0.5, 0.6) is 0 Å². The summed E-state index contributed by atoms with van der Waals surface area (Å²) in [6, 6.07) is 13.5. The van der Waals surface area contributed by atoms with E-state index >= 15 is 0 Å². The monoisotopic (exact) mass is 404 g/mol. The fraction of sp³-hybridized carbons (Fsp3) is 0.182. The number of rotatable bonds is 4. The molecular formula is C22H20N4O2S. The Hall–Kier alpha value is -3.32. The number of nitrogens with one attached hydrogen (secondary N) is 1. The molecule has 0 saturated heterocycles. The van der Waals surface area contributed by atoms with Crippen LogP contribution in [-0.4, -0.2) is 20.3 Å². The molecule has 0 saturated carbocycles. The molecule has 0 aliphatic carbocycles. The second-order valence-electron chi connectivity index (χ2n) is 7.12. The molecule has 29 heavy (non-hydrogen) atoms. The molecule has 0 bridgehead atoms. The summed E-state index contributed by atoms with van der Waals surface area (Å²) in [7, 11) is 0. The number of nitrogens with zero attached hydrogens (tertiary/aromatic N) is 3. The van der Waals surface area contributed by atoms with Crippen molar-refractivity contribution in [1.82, 2.24) is 14.4 Å². The van der Waals surface area contributed by atoms with Gasteiger partial charge in [-0.15, -0.1) is 11.3 Å². The molecule has 6 nitrogen and oxygen atoms in total. The predicted octanol–water partition coefficient (Wildman–Crippen LogP) is 4.50. The maximum Gasteiger partial charge on any atom is 0.270 e. The molecule has 1 aromatic carbocycles. The molecule has 1 N–H and O–H groups in total. The summed E-state index contributed by atoms with van der Waals surface area (Å²) in [6.45, 7) is 6.10. The smallest absolute Gasteiger partial charge is 0.270 e. The highest BCUT2D eigenvalue weighted by Gasteiger charge is 2.19. The van der Waals surface area contributed by atoms with Gasteiger partial charge in [0.25, 0.3) is 11.5 Å². The van der Waals surface area contributed by atoms with E-state index in [1.54, 1.807) is 18.3 Å². The Kier molecular flexibility index (Phi) is 4.98. The van der Waals surface area contributed by atoms with E-state index in [2.05, 4.69) is 29.1 Å². The summed E-state index contributed by atoms with van der Waals surface area (Å²) in [5, 5.41) is 3.24. The number of benzene rings is 1. The van der Waals surface area contributed by atoms with Crippen LogP contribution in [0.3, 0.4) is 0 Å². The summed E-state index contributed by atoms with van der Waals surface area (Å²) in [6.07, 6.45) is 2.95. The van der Waals surface area contributed by atoms with Crippen LogP contribution in [0.1, 0.15) is 40.6 Å². The average Bonchev–Trinajstić information content (AvgIpc) is 3.13. The van der Waals surface area contributed by atoms with Crippen LogP contribution in [-0.2, 0) is 0 Å². The molecule has 3 heterocycles. The molecule has 0 atom stereocenters. The molecule has 7 heteroatoms. The fourth-order valence-corrected chi connectivity index (χ4v) is 4.06. The highest BCUT2D eigenvalue weighted by atomic mass is 32.1. The van der Waals surface area contributed by atoms with Gasteiger partial charge in [-0.2, -0.15) is 0 Å². The van der Waals surface area contributed by atoms with Crippen molar-refractivity contribution < 1.29 is 4.79 Å². The predicted molar refractivity (Wildman–Crippen MR) is 116 cm³/mol. The first-order valence-electron chi connectivity index (χ1n) is 9.29. The van der Waals surface area contributed by atoms with E-state index in [1.807, 2.05) is 37.3 Å². The Bertz CT molecular complexity index is 1260. The van der Waals surface area contributed by atoms with E-state index < -0.39 is 11.5 Å². The Balaban J connectivity index is 1.69. The molecule has 1 amide bonds. The highest BCUT2D eigenvalue weighted by Crippen LogP contribution is 2.36. The minimum atomic E-state index is -0.513. The first kappa shape index (κ1) is 19.0. The first-order chi connectivity index (χ1) is 13.9. The number of carbonyl (C=O) groups is 1. The number of aromatic nitrogens is 3. The number of pyridine rings is 1. The van der Waals surface area contributed by atoms with Gasteiger partial charge in [0, 0.05) is 22.8 Å². The van der Waals surface area contributed by atoms with Crippen molar-refractivity contribution in [3.05, 3.63) is 81.2 Å². The lowest BCUT2D eigenvalue weighted by Crippen LogP contribution is -2.26. The minimum absolute atomic E-state index is 0.0195. The van der Waals surface area contributed by atoms with Gasteiger partial charge in [0.05, 0.1) is 5.69 Å². The summed E-state index contributed by atoms with van der Waals surface area (Å²) < 4.78 is 1.37. The zero-order valence-electron chi connectivity index (χ0n) is 16.3. The van der Waals surface area contributed by atoms with Gasteiger partial charge in [-0.3, -0.25) is 19.3 Å². The number of hydrogen-bond donors (Lipinski definition) is 1. The topological polar surface area (TPSA) is 76.4 Å². The molecule has 0 aliphatic rings. The van der Waals surface area contributed by atoms with E-state index in [4.69, 9.17) is 0 Å². The zero-order chi connectivity index (χ0) is 20.5. The van der Waals surface area contributed by atoms with Crippen LogP contribution in [0.25, 0.3) is 16.9 Å². The van der Waals surface area contributed by atoms with Crippen LogP contribution in [0.4, 0.5) is 5.13 Å². The molecule has 0 aliphatic heterocycles. The van der Waals surface area contributed by atoms with Gasteiger partial charge < -0.3 is 0 Å². The summed E-state index contributed by atoms with van der Waals surface area (Å²) in [5.74, 6) is -0.259. The van der Waals surface area contributed by atoms with E-state index in [9.17, 15) is 9.59 Å². The van der Waals surface area contributed by atoms with Crippen molar-refractivity contribution in [2.24, 2.45) is 0 Å². The Morgan fingerprint density at radius 1 is 1.17 bits per heavy atom. The molecule has 146 valence electrons. The zero-order valence-corrected chi connectivity index (χ0v) is 17.2. The summed E-state index contributed by atoms with van der Waals surface area (Å²) >= 11 is 1.42. The number of amides is 1. The minimum Gasteiger partial charge on any atom is -0.298 e. The Morgan fingerprint density at radius 3 is 2.66 bits per heavy atom. The number of carbonyl (C=O) groups excluding carboxylic acids is 1. The largest absolute Gasteiger partial charge is 0.298 e. The quantitative estimate of drug-likeness (QED) is 0.543. The van der Waals surface area contributed by atoms with Crippen molar-refractivity contribution in [2.45, 2.75) is 26.7 Å². The van der Waals surface area contributed by atoms with Crippen molar-refractivity contribution in [2.75, 3.05) is 5.32 Å². The number of hydrogen-bond acceptors (Lipinski definition) is 5. The van der Waals surface area contributed by atoms with Gasteiger partial charge in [-0.1, -0.05) is 44.2 Å². The van der Waals surface area contributed by atoms with Gasteiger partial charge in [-0.05, 0) is 30.5 Å². The number of anilines is 1. The van der Waals surface area contributed by atoms with Gasteiger partial charge in [-0.25, -0.2) is 9.97 Å². The second kappa shape index (κ2) is 7.60. The molecule has 4 rings (SSSR count). The number of thiazole rings is 1. The summed E-state index contributed by atoms with van der Waals surface area (Å²) in [4.78, 5) is 35.4. The second-order valence-corrected chi connectivity index (χ2v) is 8.15. The third-order valence-electron chi connectivity index (χ3n) is 4.56. The molecule has 0 spiro atoms. The van der Waals surface area contributed by atoms with Crippen LogP contribution in [0.2, 0.25) is 0 Å². The standard InChI is InChI=1S/C22H20N4O2S/c1-13(2)19-18(15-7-5-4-6-8-15)24-22(29-19)25-20(27)16-12-23-17-11-14(3)9-10-26(17)21(16)28/h4-13H,1-3H3,(H,24,25,27). The van der Waals surface area contributed by atoms with E-state index in [-0.39, 0.29) is 11.5 Å². The van der Waals surface area contributed by atoms with Crippen LogP contribution >= 0.6 is 11.3 Å². The van der Waals surface area contributed by atoms with Crippen molar-refractivity contribution in [3.63, 3.8) is 0 Å². The third-order valence-corrected chi connectivity index (χ3v) is 5.83. The molecule has 3 aromatic heterocycles. The number of fused-ring (bicyclic) bond motifs is 1. The lowest BCUT2D eigenvalue weighted by molar-refractivity contribution is 0.102. The Morgan fingerprint density at radius 2 is 1.93 bits per heavy atom. The summed E-state index contributed by atoms with van der Waals surface area (Å²) in [5.41, 5.74) is 2.92. The van der Waals surface area contributed by atoms with Crippen molar-refractivity contribution in [3.8, 4) is 11.3 Å². The van der Waals surface area contributed by atoms with Gasteiger partial charge in [0.2, 0.25) is 0 Å². The van der Waals surface area contributed by atoms with Crippen LogP contribution < -0.4 is 10.9 Å². The SMILES string of the molecule is Cc1ccn2c(=O)c(C(=O)Nc3nc(-c4ccccc4)c(C(C)C)s3)cnc2c1. The highest BCUT2D eigenvalue weighted by molar-refractivity contribution is 7.16. The molecule has 4 aromatic rings. The molecule has 0 unspecified atom stereocenters. The van der Waals surface area contributed by atoms with E-state index in [0.717, 1.165) is 21.7 Å². The van der Waals surface area contributed by atoms with Crippen molar-refractivity contribution >= 4 is 28.0 Å².